The van der Waals surface area contributed by atoms with Crippen LogP contribution in [0.2, 0.25) is 0 Å². The maximum absolute atomic E-state index is 9.91. The van der Waals surface area contributed by atoms with Crippen molar-refractivity contribution in [1.82, 2.24) is 15.0 Å². The summed E-state index contributed by atoms with van der Waals surface area (Å²) in [6.45, 7) is 0.298. The summed E-state index contributed by atoms with van der Waals surface area (Å²) < 4.78 is 12.4. The average molecular weight is 365 g/mol. The molecule has 1 saturated heterocycles. The molecule has 0 aliphatic carbocycles. The Balaban J connectivity index is 1.49. The molecule has 0 bridgehead atoms. The third-order valence-corrected chi connectivity index (χ3v) is 4.26. The van der Waals surface area contributed by atoms with Crippen molar-refractivity contribution in [3.8, 4) is 0 Å². The van der Waals surface area contributed by atoms with Gasteiger partial charge in [0.25, 0.3) is 0 Å². The van der Waals surface area contributed by atoms with Crippen LogP contribution in [0.1, 0.15) is 11.3 Å². The second kappa shape index (κ2) is 8.67. The quantitative estimate of drug-likeness (QED) is 0.476. The number of aliphatic hydroxyl groups is 4. The Hall–Kier alpha value is -1.88. The molecule has 142 valence electrons. The standard InChI is InChI=1S/C17H23N3O6/c21-10-13-14(22)15(23)16(24)17(26-13)25-7-6-12-9-20(19-18-12)8-11-4-2-1-3-5-11/h1-5,9,13-17,21-24H,6-8,10H2/t13-,14-,15+,16-,17-/m1/s1. The number of hydrogen-bond acceptors (Lipinski definition) is 8. The fourth-order valence-corrected chi connectivity index (χ4v) is 2.79. The third kappa shape index (κ3) is 4.44. The second-order valence-corrected chi connectivity index (χ2v) is 6.21. The summed E-state index contributed by atoms with van der Waals surface area (Å²) in [4.78, 5) is 0. The highest BCUT2D eigenvalue weighted by molar-refractivity contribution is 5.14. The Morgan fingerprint density at radius 3 is 2.58 bits per heavy atom. The van der Waals surface area contributed by atoms with E-state index in [0.717, 1.165) is 5.56 Å². The molecule has 0 amide bonds. The first kappa shape index (κ1) is 18.9. The molecule has 1 fully saturated rings. The van der Waals surface area contributed by atoms with E-state index in [1.165, 1.54) is 0 Å². The van der Waals surface area contributed by atoms with Crippen LogP contribution in [0.4, 0.5) is 0 Å². The summed E-state index contributed by atoms with van der Waals surface area (Å²) in [5.41, 5.74) is 1.83. The van der Waals surface area contributed by atoms with Crippen LogP contribution in [0.5, 0.6) is 0 Å². The predicted molar refractivity (Wildman–Crippen MR) is 89.0 cm³/mol. The molecule has 0 saturated carbocycles. The number of aromatic nitrogens is 3. The van der Waals surface area contributed by atoms with Gasteiger partial charge in [0.1, 0.15) is 24.4 Å². The van der Waals surface area contributed by atoms with E-state index in [-0.39, 0.29) is 6.61 Å². The van der Waals surface area contributed by atoms with Gasteiger partial charge in [0, 0.05) is 12.6 Å². The van der Waals surface area contributed by atoms with Crippen molar-refractivity contribution in [2.45, 2.75) is 43.7 Å². The van der Waals surface area contributed by atoms with Crippen molar-refractivity contribution in [1.29, 1.82) is 0 Å². The van der Waals surface area contributed by atoms with E-state index in [4.69, 9.17) is 14.6 Å². The van der Waals surface area contributed by atoms with Crippen LogP contribution in [-0.2, 0) is 22.4 Å². The minimum atomic E-state index is -1.45. The molecular formula is C17H23N3O6. The van der Waals surface area contributed by atoms with Gasteiger partial charge in [0.05, 0.1) is 25.5 Å². The summed E-state index contributed by atoms with van der Waals surface area (Å²) in [6.07, 6.45) is -4.12. The SMILES string of the molecule is OC[C@H]1O[C@@H](OCCc2cn(Cc3ccccc3)nn2)[C@H](O)[C@@H](O)[C@@H]1O. The topological polar surface area (TPSA) is 130 Å². The second-order valence-electron chi connectivity index (χ2n) is 6.21. The Morgan fingerprint density at radius 2 is 1.85 bits per heavy atom. The minimum Gasteiger partial charge on any atom is -0.394 e. The molecule has 0 spiro atoms. The van der Waals surface area contributed by atoms with Crippen molar-refractivity contribution in [3.05, 3.63) is 47.8 Å². The molecule has 2 heterocycles. The zero-order chi connectivity index (χ0) is 18.5. The molecule has 1 aromatic heterocycles. The number of hydrogen-bond donors (Lipinski definition) is 4. The summed E-state index contributed by atoms with van der Waals surface area (Å²) >= 11 is 0. The zero-order valence-electron chi connectivity index (χ0n) is 14.1. The molecular weight excluding hydrogens is 342 g/mol. The van der Waals surface area contributed by atoms with Gasteiger partial charge in [-0.25, -0.2) is 4.68 Å². The van der Waals surface area contributed by atoms with Gasteiger partial charge in [-0.2, -0.15) is 0 Å². The number of benzene rings is 1. The first-order chi connectivity index (χ1) is 12.6. The molecule has 9 heteroatoms. The van der Waals surface area contributed by atoms with E-state index < -0.39 is 37.3 Å². The minimum absolute atomic E-state index is 0.173. The predicted octanol–water partition coefficient (Wildman–Crippen LogP) is -1.31. The van der Waals surface area contributed by atoms with Crippen LogP contribution in [0, 0.1) is 0 Å². The molecule has 2 aromatic rings. The highest BCUT2D eigenvalue weighted by atomic mass is 16.7. The first-order valence-electron chi connectivity index (χ1n) is 8.43. The highest BCUT2D eigenvalue weighted by Gasteiger charge is 2.43. The first-order valence-corrected chi connectivity index (χ1v) is 8.43. The molecule has 5 atom stereocenters. The summed E-state index contributed by atoms with van der Waals surface area (Å²) in [6, 6.07) is 9.88. The summed E-state index contributed by atoms with van der Waals surface area (Å²) in [5, 5.41) is 46.7. The van der Waals surface area contributed by atoms with Gasteiger partial charge < -0.3 is 29.9 Å². The van der Waals surface area contributed by atoms with Gasteiger partial charge in [-0.3, -0.25) is 0 Å². The van der Waals surface area contributed by atoms with Crippen molar-refractivity contribution in [3.63, 3.8) is 0 Å². The van der Waals surface area contributed by atoms with Gasteiger partial charge in [-0.15, -0.1) is 5.10 Å². The van der Waals surface area contributed by atoms with E-state index in [9.17, 15) is 15.3 Å². The van der Waals surface area contributed by atoms with E-state index in [1.54, 1.807) is 4.68 Å². The Labute approximate surface area is 150 Å². The van der Waals surface area contributed by atoms with E-state index >= 15 is 0 Å². The van der Waals surface area contributed by atoms with Crippen LogP contribution in [-0.4, -0.2) is 79.3 Å². The largest absolute Gasteiger partial charge is 0.394 e. The molecule has 3 rings (SSSR count). The number of ether oxygens (including phenoxy) is 2. The zero-order valence-corrected chi connectivity index (χ0v) is 14.1. The normalized spacial score (nSPS) is 29.0. The number of rotatable bonds is 7. The lowest BCUT2D eigenvalue weighted by Gasteiger charge is -2.39. The van der Waals surface area contributed by atoms with Crippen LogP contribution in [0.3, 0.4) is 0 Å². The van der Waals surface area contributed by atoms with Gasteiger partial charge in [0.15, 0.2) is 6.29 Å². The average Bonchev–Trinajstić information content (AvgIpc) is 3.10. The van der Waals surface area contributed by atoms with Crippen LogP contribution >= 0.6 is 0 Å². The van der Waals surface area contributed by atoms with Crippen LogP contribution in [0.25, 0.3) is 0 Å². The number of aliphatic hydroxyl groups excluding tert-OH is 4. The van der Waals surface area contributed by atoms with Gasteiger partial charge in [0.2, 0.25) is 0 Å². The monoisotopic (exact) mass is 365 g/mol. The van der Waals surface area contributed by atoms with Crippen LogP contribution < -0.4 is 0 Å². The fraction of sp³-hybridized carbons (Fsp3) is 0.529. The molecule has 4 N–H and O–H groups in total. The van der Waals surface area contributed by atoms with Gasteiger partial charge in [-0.1, -0.05) is 35.5 Å². The maximum atomic E-state index is 9.91. The maximum Gasteiger partial charge on any atom is 0.186 e. The van der Waals surface area contributed by atoms with E-state index in [2.05, 4.69) is 10.3 Å². The molecule has 9 nitrogen and oxygen atoms in total. The fourth-order valence-electron chi connectivity index (χ4n) is 2.79. The Kier molecular flexibility index (Phi) is 6.30. The molecule has 0 unspecified atom stereocenters. The lowest BCUT2D eigenvalue weighted by Crippen LogP contribution is -2.59. The van der Waals surface area contributed by atoms with E-state index in [0.29, 0.717) is 18.7 Å². The lowest BCUT2D eigenvalue weighted by molar-refractivity contribution is -0.300. The van der Waals surface area contributed by atoms with Gasteiger partial charge in [-0.05, 0) is 5.56 Å². The van der Waals surface area contributed by atoms with Gasteiger partial charge >= 0.3 is 0 Å². The molecule has 0 radical (unpaired) electrons. The van der Waals surface area contributed by atoms with Crippen LogP contribution in [0.15, 0.2) is 36.5 Å². The van der Waals surface area contributed by atoms with Crippen molar-refractivity contribution >= 4 is 0 Å². The van der Waals surface area contributed by atoms with Crippen molar-refractivity contribution in [2.75, 3.05) is 13.2 Å². The summed E-state index contributed by atoms with van der Waals surface area (Å²) in [7, 11) is 0. The summed E-state index contributed by atoms with van der Waals surface area (Å²) in [5.74, 6) is 0. The Morgan fingerprint density at radius 1 is 1.08 bits per heavy atom. The molecule has 1 aliphatic rings. The molecule has 26 heavy (non-hydrogen) atoms. The van der Waals surface area contributed by atoms with E-state index in [1.807, 2.05) is 36.5 Å². The lowest BCUT2D eigenvalue weighted by atomic mass is 9.99. The Bertz CT molecular complexity index is 680. The highest BCUT2D eigenvalue weighted by Crippen LogP contribution is 2.22. The third-order valence-electron chi connectivity index (χ3n) is 4.26. The smallest absolute Gasteiger partial charge is 0.186 e. The molecule has 1 aliphatic heterocycles. The van der Waals surface area contributed by atoms with Crippen molar-refractivity contribution < 1.29 is 29.9 Å². The number of nitrogens with zero attached hydrogens (tertiary/aromatic N) is 3. The van der Waals surface area contributed by atoms with Crippen molar-refractivity contribution in [2.24, 2.45) is 0 Å². The molecule has 1 aromatic carbocycles.